The fraction of sp³-hybridized carbons (Fsp3) is 0.615. The molecule has 1 aliphatic heterocycles. The van der Waals surface area contributed by atoms with E-state index < -0.39 is 5.60 Å². The SMILES string of the molecule is CCN1CCCC(O)(c2cccnc2)CC1. The van der Waals surface area contributed by atoms with Gasteiger partial charge in [-0.1, -0.05) is 13.0 Å². The van der Waals surface area contributed by atoms with E-state index in [1.54, 1.807) is 12.4 Å². The monoisotopic (exact) mass is 220 g/mol. The van der Waals surface area contributed by atoms with Gasteiger partial charge in [-0.05, 0) is 38.4 Å². The van der Waals surface area contributed by atoms with Gasteiger partial charge in [0, 0.05) is 24.5 Å². The lowest BCUT2D eigenvalue weighted by molar-refractivity contribution is 0.0210. The van der Waals surface area contributed by atoms with Crippen LogP contribution in [0.5, 0.6) is 0 Å². The van der Waals surface area contributed by atoms with Crippen molar-refractivity contribution in [2.75, 3.05) is 19.6 Å². The summed E-state index contributed by atoms with van der Waals surface area (Å²) in [6, 6.07) is 3.88. The first-order valence-electron chi connectivity index (χ1n) is 6.10. The average molecular weight is 220 g/mol. The van der Waals surface area contributed by atoms with Gasteiger partial charge in [-0.2, -0.15) is 0 Å². The van der Waals surface area contributed by atoms with Crippen LogP contribution < -0.4 is 0 Å². The predicted octanol–water partition coefficient (Wildman–Crippen LogP) is 1.77. The molecule has 3 nitrogen and oxygen atoms in total. The van der Waals surface area contributed by atoms with Gasteiger partial charge in [0.15, 0.2) is 0 Å². The fourth-order valence-electron chi connectivity index (χ4n) is 2.42. The van der Waals surface area contributed by atoms with Crippen LogP contribution in [-0.2, 0) is 5.60 Å². The Balaban J connectivity index is 2.13. The summed E-state index contributed by atoms with van der Waals surface area (Å²) in [5.74, 6) is 0. The van der Waals surface area contributed by atoms with Crippen LogP contribution in [-0.4, -0.2) is 34.6 Å². The van der Waals surface area contributed by atoms with Crippen LogP contribution in [0.3, 0.4) is 0 Å². The summed E-state index contributed by atoms with van der Waals surface area (Å²) in [6.45, 7) is 5.32. The van der Waals surface area contributed by atoms with Crippen LogP contribution in [0.2, 0.25) is 0 Å². The van der Waals surface area contributed by atoms with Crippen LogP contribution in [0.15, 0.2) is 24.5 Å². The van der Waals surface area contributed by atoms with Crippen molar-refractivity contribution in [2.24, 2.45) is 0 Å². The lowest BCUT2D eigenvalue weighted by Crippen LogP contribution is -2.29. The Bertz CT molecular complexity index is 328. The van der Waals surface area contributed by atoms with Crippen molar-refractivity contribution >= 4 is 0 Å². The Kier molecular flexibility index (Phi) is 3.56. The zero-order valence-corrected chi connectivity index (χ0v) is 9.89. The van der Waals surface area contributed by atoms with Crippen molar-refractivity contribution in [1.82, 2.24) is 9.88 Å². The largest absolute Gasteiger partial charge is 0.385 e. The van der Waals surface area contributed by atoms with Crippen LogP contribution in [0.1, 0.15) is 31.7 Å². The molecule has 3 heteroatoms. The van der Waals surface area contributed by atoms with E-state index in [4.69, 9.17) is 0 Å². The number of nitrogens with zero attached hydrogens (tertiary/aromatic N) is 2. The highest BCUT2D eigenvalue weighted by Crippen LogP contribution is 2.32. The van der Waals surface area contributed by atoms with E-state index in [0.29, 0.717) is 0 Å². The van der Waals surface area contributed by atoms with Crippen LogP contribution in [0, 0.1) is 0 Å². The molecular formula is C13H20N2O. The van der Waals surface area contributed by atoms with Gasteiger partial charge < -0.3 is 10.0 Å². The number of hydrogen-bond acceptors (Lipinski definition) is 3. The quantitative estimate of drug-likeness (QED) is 0.825. The molecule has 2 heterocycles. The molecule has 0 radical (unpaired) electrons. The minimum Gasteiger partial charge on any atom is -0.385 e. The number of aliphatic hydroxyl groups is 1. The van der Waals surface area contributed by atoms with Crippen molar-refractivity contribution < 1.29 is 5.11 Å². The number of rotatable bonds is 2. The second-order valence-corrected chi connectivity index (χ2v) is 4.56. The molecule has 1 N–H and O–H groups in total. The van der Waals surface area contributed by atoms with E-state index in [-0.39, 0.29) is 0 Å². The van der Waals surface area contributed by atoms with Crippen molar-refractivity contribution in [1.29, 1.82) is 0 Å². The molecule has 0 bridgehead atoms. The Morgan fingerprint density at radius 3 is 3.00 bits per heavy atom. The third kappa shape index (κ3) is 2.42. The van der Waals surface area contributed by atoms with Gasteiger partial charge in [0.05, 0.1) is 5.60 Å². The number of hydrogen-bond donors (Lipinski definition) is 1. The smallest absolute Gasteiger partial charge is 0.0924 e. The Morgan fingerprint density at radius 2 is 2.31 bits per heavy atom. The molecule has 1 atom stereocenters. The normalized spacial score (nSPS) is 27.6. The van der Waals surface area contributed by atoms with E-state index in [0.717, 1.165) is 44.5 Å². The van der Waals surface area contributed by atoms with Gasteiger partial charge in [0.25, 0.3) is 0 Å². The third-order valence-corrected chi connectivity index (χ3v) is 3.55. The molecule has 1 fully saturated rings. The molecule has 0 amide bonds. The maximum atomic E-state index is 10.7. The van der Waals surface area contributed by atoms with Crippen molar-refractivity contribution in [3.63, 3.8) is 0 Å². The van der Waals surface area contributed by atoms with E-state index in [1.807, 2.05) is 12.1 Å². The molecule has 0 spiro atoms. The van der Waals surface area contributed by atoms with Gasteiger partial charge in [-0.3, -0.25) is 4.98 Å². The summed E-state index contributed by atoms with van der Waals surface area (Å²) < 4.78 is 0. The van der Waals surface area contributed by atoms with Crippen molar-refractivity contribution in [3.8, 4) is 0 Å². The van der Waals surface area contributed by atoms with E-state index in [9.17, 15) is 5.11 Å². The van der Waals surface area contributed by atoms with Gasteiger partial charge in [-0.15, -0.1) is 0 Å². The third-order valence-electron chi connectivity index (χ3n) is 3.55. The van der Waals surface area contributed by atoms with Crippen LogP contribution >= 0.6 is 0 Å². The molecule has 1 aromatic rings. The summed E-state index contributed by atoms with van der Waals surface area (Å²) in [5, 5.41) is 10.7. The van der Waals surface area contributed by atoms with E-state index in [2.05, 4.69) is 16.8 Å². The summed E-state index contributed by atoms with van der Waals surface area (Å²) >= 11 is 0. The average Bonchev–Trinajstić information content (AvgIpc) is 2.53. The molecule has 1 unspecified atom stereocenters. The van der Waals surface area contributed by atoms with Crippen molar-refractivity contribution in [2.45, 2.75) is 31.8 Å². The first-order chi connectivity index (χ1) is 7.74. The Morgan fingerprint density at radius 1 is 1.44 bits per heavy atom. The minimum atomic E-state index is -0.668. The summed E-state index contributed by atoms with van der Waals surface area (Å²) in [4.78, 5) is 6.50. The Labute approximate surface area is 97.1 Å². The molecule has 1 saturated heterocycles. The van der Waals surface area contributed by atoms with Gasteiger partial charge in [-0.25, -0.2) is 0 Å². The molecule has 1 aliphatic rings. The Hall–Kier alpha value is -0.930. The lowest BCUT2D eigenvalue weighted by atomic mass is 9.88. The maximum absolute atomic E-state index is 10.7. The zero-order chi connectivity index (χ0) is 11.4. The van der Waals surface area contributed by atoms with Gasteiger partial charge >= 0.3 is 0 Å². The second kappa shape index (κ2) is 4.93. The molecule has 1 aromatic heterocycles. The van der Waals surface area contributed by atoms with Crippen LogP contribution in [0.25, 0.3) is 0 Å². The summed E-state index contributed by atoms with van der Waals surface area (Å²) in [7, 11) is 0. The first-order valence-corrected chi connectivity index (χ1v) is 6.10. The molecule has 2 rings (SSSR count). The summed E-state index contributed by atoms with van der Waals surface area (Å²) in [6.07, 6.45) is 6.25. The van der Waals surface area contributed by atoms with Gasteiger partial charge in [0.1, 0.15) is 0 Å². The second-order valence-electron chi connectivity index (χ2n) is 4.56. The fourth-order valence-corrected chi connectivity index (χ4v) is 2.42. The van der Waals surface area contributed by atoms with Crippen LogP contribution in [0.4, 0.5) is 0 Å². The van der Waals surface area contributed by atoms with E-state index >= 15 is 0 Å². The molecular weight excluding hydrogens is 200 g/mol. The number of likely N-dealkylation sites (tertiary alicyclic amines) is 1. The minimum absolute atomic E-state index is 0.668. The zero-order valence-electron chi connectivity index (χ0n) is 9.89. The van der Waals surface area contributed by atoms with Crippen molar-refractivity contribution in [3.05, 3.63) is 30.1 Å². The molecule has 16 heavy (non-hydrogen) atoms. The molecule has 0 aromatic carbocycles. The van der Waals surface area contributed by atoms with E-state index in [1.165, 1.54) is 0 Å². The number of aromatic nitrogens is 1. The summed E-state index contributed by atoms with van der Waals surface area (Å²) in [5.41, 5.74) is 0.297. The molecule has 88 valence electrons. The topological polar surface area (TPSA) is 36.4 Å². The van der Waals surface area contributed by atoms with Gasteiger partial charge in [0.2, 0.25) is 0 Å². The number of pyridine rings is 1. The molecule has 0 saturated carbocycles. The predicted molar refractivity (Wildman–Crippen MR) is 64.1 cm³/mol. The highest BCUT2D eigenvalue weighted by Gasteiger charge is 2.31. The first kappa shape index (κ1) is 11.6. The highest BCUT2D eigenvalue weighted by atomic mass is 16.3. The lowest BCUT2D eigenvalue weighted by Gasteiger charge is -2.26. The highest BCUT2D eigenvalue weighted by molar-refractivity contribution is 5.18. The molecule has 0 aliphatic carbocycles. The maximum Gasteiger partial charge on any atom is 0.0924 e. The standard InChI is InChI=1S/C13H20N2O/c1-2-15-9-4-6-13(16,7-10-15)12-5-3-8-14-11-12/h3,5,8,11,16H,2,4,6-7,9-10H2,1H3.